The highest BCUT2D eigenvalue weighted by Crippen LogP contribution is 2.66. The number of halogens is 2. The van der Waals surface area contributed by atoms with E-state index in [4.69, 9.17) is 23.2 Å². The predicted molar refractivity (Wildman–Crippen MR) is 42.0 cm³/mol. The molecule has 0 aromatic carbocycles. The maximum absolute atomic E-state index is 5.85. The van der Waals surface area contributed by atoms with Crippen molar-refractivity contribution in [1.82, 2.24) is 0 Å². The number of rotatable bonds is 1. The molecule has 0 bridgehead atoms. The van der Waals surface area contributed by atoms with Crippen LogP contribution in [-0.4, -0.2) is 4.33 Å². The third-order valence-corrected chi connectivity index (χ3v) is 3.30. The molecule has 0 spiro atoms. The molecule has 0 unspecified atom stereocenters. The first-order chi connectivity index (χ1) is 3.90. The Labute approximate surface area is 65.8 Å². The molecular formula is C7H10Cl2. The Morgan fingerprint density at radius 1 is 1.56 bits per heavy atom. The fourth-order valence-corrected chi connectivity index (χ4v) is 1.72. The molecule has 0 radical (unpaired) electrons. The van der Waals surface area contributed by atoms with E-state index in [1.165, 1.54) is 0 Å². The van der Waals surface area contributed by atoms with Crippen molar-refractivity contribution in [2.45, 2.75) is 24.6 Å². The van der Waals surface area contributed by atoms with Gasteiger partial charge in [-0.1, -0.05) is 19.1 Å². The van der Waals surface area contributed by atoms with Gasteiger partial charge in [0.25, 0.3) is 0 Å². The van der Waals surface area contributed by atoms with Gasteiger partial charge in [0.05, 0.1) is 0 Å². The zero-order valence-electron chi connectivity index (χ0n) is 5.67. The van der Waals surface area contributed by atoms with Gasteiger partial charge in [-0.2, -0.15) is 0 Å². The van der Waals surface area contributed by atoms with Crippen LogP contribution in [0, 0.1) is 5.41 Å². The van der Waals surface area contributed by atoms with E-state index < -0.39 is 4.33 Å². The molecule has 1 fully saturated rings. The fourth-order valence-electron chi connectivity index (χ4n) is 0.863. The minimum absolute atomic E-state index is 0.0177. The molecular weight excluding hydrogens is 155 g/mol. The lowest BCUT2D eigenvalue weighted by Gasteiger charge is -2.09. The molecule has 1 rings (SSSR count). The molecule has 0 nitrogen and oxygen atoms in total. The average molecular weight is 165 g/mol. The summed E-state index contributed by atoms with van der Waals surface area (Å²) in [5, 5.41) is 0. The lowest BCUT2D eigenvalue weighted by atomic mass is 10.0. The summed E-state index contributed by atoms with van der Waals surface area (Å²) in [6.07, 6.45) is 0.846. The van der Waals surface area contributed by atoms with Gasteiger partial charge < -0.3 is 0 Å². The molecule has 0 heterocycles. The highest BCUT2D eigenvalue weighted by atomic mass is 35.5. The second-order valence-corrected chi connectivity index (χ2v) is 4.48. The van der Waals surface area contributed by atoms with Crippen LogP contribution in [0.3, 0.4) is 0 Å². The highest BCUT2D eigenvalue weighted by Gasteiger charge is 2.63. The molecule has 0 amide bonds. The second-order valence-electron chi connectivity index (χ2n) is 2.99. The van der Waals surface area contributed by atoms with Gasteiger partial charge in [0, 0.05) is 5.41 Å². The molecule has 9 heavy (non-hydrogen) atoms. The van der Waals surface area contributed by atoms with Gasteiger partial charge in [0.1, 0.15) is 4.33 Å². The first kappa shape index (κ1) is 7.43. The van der Waals surface area contributed by atoms with Crippen LogP contribution >= 0.6 is 23.2 Å². The lowest BCUT2D eigenvalue weighted by Crippen LogP contribution is -2.04. The van der Waals surface area contributed by atoms with Crippen molar-refractivity contribution in [2.75, 3.05) is 0 Å². The van der Waals surface area contributed by atoms with E-state index in [1.807, 2.05) is 13.8 Å². The zero-order valence-corrected chi connectivity index (χ0v) is 7.18. The van der Waals surface area contributed by atoms with E-state index in [2.05, 4.69) is 6.58 Å². The van der Waals surface area contributed by atoms with Crippen LogP contribution < -0.4 is 0 Å². The average Bonchev–Trinajstić information content (AvgIpc) is 2.08. The van der Waals surface area contributed by atoms with E-state index >= 15 is 0 Å². The Morgan fingerprint density at radius 2 is 1.89 bits per heavy atom. The predicted octanol–water partition coefficient (Wildman–Crippen LogP) is 3.15. The van der Waals surface area contributed by atoms with Crippen molar-refractivity contribution in [3.05, 3.63) is 12.2 Å². The minimum Gasteiger partial charge on any atom is -0.101 e. The molecule has 1 aliphatic rings. The van der Waals surface area contributed by atoms with Gasteiger partial charge >= 0.3 is 0 Å². The van der Waals surface area contributed by atoms with E-state index in [9.17, 15) is 0 Å². The normalized spacial score (nSPS) is 38.2. The molecule has 0 aliphatic heterocycles. The number of alkyl halides is 2. The quantitative estimate of drug-likeness (QED) is 0.413. The van der Waals surface area contributed by atoms with Crippen LogP contribution in [0.5, 0.6) is 0 Å². The van der Waals surface area contributed by atoms with Gasteiger partial charge in [0.15, 0.2) is 0 Å². The molecule has 0 saturated heterocycles. The summed E-state index contributed by atoms with van der Waals surface area (Å²) < 4.78 is -0.529. The van der Waals surface area contributed by atoms with Crippen molar-refractivity contribution >= 4 is 23.2 Å². The first-order valence-electron chi connectivity index (χ1n) is 2.94. The van der Waals surface area contributed by atoms with E-state index in [0.29, 0.717) is 0 Å². The summed E-state index contributed by atoms with van der Waals surface area (Å²) >= 11 is 11.7. The minimum atomic E-state index is -0.529. The summed E-state index contributed by atoms with van der Waals surface area (Å²) in [4.78, 5) is 0. The Balaban J connectivity index is 2.74. The topological polar surface area (TPSA) is 0 Å². The number of allylic oxidation sites excluding steroid dienone is 1. The SMILES string of the molecule is C=C(C)[C@@]1(C)CC1(Cl)Cl. The van der Waals surface area contributed by atoms with E-state index in [0.717, 1.165) is 12.0 Å². The third kappa shape index (κ3) is 0.890. The van der Waals surface area contributed by atoms with Crippen LogP contribution in [0.25, 0.3) is 0 Å². The van der Waals surface area contributed by atoms with E-state index in [1.54, 1.807) is 0 Å². The third-order valence-electron chi connectivity index (χ3n) is 2.20. The first-order valence-corrected chi connectivity index (χ1v) is 3.69. The number of hydrogen-bond acceptors (Lipinski definition) is 0. The Bertz CT molecular complexity index is 160. The van der Waals surface area contributed by atoms with Crippen molar-refractivity contribution in [1.29, 1.82) is 0 Å². The Morgan fingerprint density at radius 3 is 1.89 bits per heavy atom. The molecule has 1 atom stereocenters. The maximum Gasteiger partial charge on any atom is 0.128 e. The van der Waals surface area contributed by atoms with Crippen molar-refractivity contribution in [3.8, 4) is 0 Å². The zero-order chi connectivity index (χ0) is 7.28. The summed E-state index contributed by atoms with van der Waals surface area (Å²) in [6.45, 7) is 7.82. The van der Waals surface area contributed by atoms with Crippen LogP contribution in [0.1, 0.15) is 20.3 Å². The second kappa shape index (κ2) is 1.67. The van der Waals surface area contributed by atoms with Crippen molar-refractivity contribution in [2.24, 2.45) is 5.41 Å². The summed E-state index contributed by atoms with van der Waals surface area (Å²) in [6, 6.07) is 0. The largest absolute Gasteiger partial charge is 0.128 e. The number of hydrogen-bond donors (Lipinski definition) is 0. The van der Waals surface area contributed by atoms with Crippen LogP contribution in [0.15, 0.2) is 12.2 Å². The van der Waals surface area contributed by atoms with Crippen LogP contribution in [0.4, 0.5) is 0 Å². The molecule has 0 aromatic heterocycles. The molecule has 2 heteroatoms. The lowest BCUT2D eigenvalue weighted by molar-refractivity contribution is 0.680. The van der Waals surface area contributed by atoms with Gasteiger partial charge in [-0.25, -0.2) is 0 Å². The summed E-state index contributed by atoms with van der Waals surface area (Å²) in [7, 11) is 0. The Hall–Kier alpha value is 0.320. The maximum atomic E-state index is 5.85. The van der Waals surface area contributed by atoms with Gasteiger partial charge in [0.2, 0.25) is 0 Å². The molecule has 52 valence electrons. The molecule has 0 N–H and O–H groups in total. The van der Waals surface area contributed by atoms with Gasteiger partial charge in [-0.3, -0.25) is 0 Å². The summed E-state index contributed by atoms with van der Waals surface area (Å²) in [5.74, 6) is 0. The van der Waals surface area contributed by atoms with Crippen LogP contribution in [0.2, 0.25) is 0 Å². The molecule has 0 aromatic rings. The molecule has 1 saturated carbocycles. The molecule has 1 aliphatic carbocycles. The van der Waals surface area contributed by atoms with Crippen LogP contribution in [-0.2, 0) is 0 Å². The van der Waals surface area contributed by atoms with Gasteiger partial charge in [-0.15, -0.1) is 23.2 Å². The summed E-state index contributed by atoms with van der Waals surface area (Å²) in [5.41, 5.74) is 1.06. The smallest absolute Gasteiger partial charge is 0.101 e. The van der Waals surface area contributed by atoms with E-state index in [-0.39, 0.29) is 5.41 Å². The standard InChI is InChI=1S/C7H10Cl2/c1-5(2)6(3)4-7(6,8)9/h1,4H2,2-3H3/t6-/m1/s1. The van der Waals surface area contributed by atoms with Crippen molar-refractivity contribution in [3.63, 3.8) is 0 Å². The Kier molecular flexibility index (Phi) is 1.38. The van der Waals surface area contributed by atoms with Crippen molar-refractivity contribution < 1.29 is 0 Å². The fraction of sp³-hybridized carbons (Fsp3) is 0.714. The van der Waals surface area contributed by atoms with Gasteiger partial charge in [-0.05, 0) is 13.3 Å². The monoisotopic (exact) mass is 164 g/mol. The highest BCUT2D eigenvalue weighted by molar-refractivity contribution is 6.51.